The van der Waals surface area contributed by atoms with Gasteiger partial charge in [0.25, 0.3) is 0 Å². The Balaban J connectivity index is 3.02. The van der Waals surface area contributed by atoms with Crippen molar-refractivity contribution in [1.82, 2.24) is 0 Å². The number of hydrogen-bond acceptors (Lipinski definition) is 4. The minimum absolute atomic E-state index is 0.0892. The Morgan fingerprint density at radius 2 is 2.08 bits per heavy atom. The fourth-order valence-corrected chi connectivity index (χ4v) is 0.859. The van der Waals surface area contributed by atoms with Crippen molar-refractivity contribution in [3.05, 3.63) is 0 Å². The highest BCUT2D eigenvalue weighted by Gasteiger charge is 2.00. The molecule has 0 amide bonds. The van der Waals surface area contributed by atoms with Gasteiger partial charge in [-0.1, -0.05) is 0 Å². The van der Waals surface area contributed by atoms with E-state index in [1.54, 1.807) is 0 Å². The minimum Gasteiger partial charge on any atom is -0.394 e. The Morgan fingerprint density at radius 3 is 2.67 bits per heavy atom. The van der Waals surface area contributed by atoms with Gasteiger partial charge in [0, 0.05) is 12.4 Å². The number of thiol groups is 1. The maximum Gasteiger partial charge on any atom is 0.0697 e. The van der Waals surface area contributed by atoms with Gasteiger partial charge in [-0.05, 0) is 13.3 Å². The lowest BCUT2D eigenvalue weighted by Gasteiger charge is -2.11. The number of rotatable bonds is 8. The second kappa shape index (κ2) is 9.32. The van der Waals surface area contributed by atoms with Crippen LogP contribution in [0.25, 0.3) is 0 Å². The smallest absolute Gasteiger partial charge is 0.0697 e. The maximum atomic E-state index is 8.41. The molecule has 3 nitrogen and oxygen atoms in total. The van der Waals surface area contributed by atoms with E-state index in [-0.39, 0.29) is 12.7 Å². The van der Waals surface area contributed by atoms with Crippen molar-refractivity contribution in [2.45, 2.75) is 19.4 Å². The van der Waals surface area contributed by atoms with E-state index in [9.17, 15) is 0 Å². The normalized spacial score (nSPS) is 13.2. The molecule has 1 unspecified atom stereocenters. The molecular formula is C8H18O3S. The molecule has 0 fully saturated rings. The zero-order valence-electron chi connectivity index (χ0n) is 7.53. The minimum atomic E-state index is 0.0892. The first-order chi connectivity index (χ1) is 5.81. The SMILES string of the molecule is CC(CCOCCO)OCCS. The van der Waals surface area contributed by atoms with Crippen molar-refractivity contribution in [1.29, 1.82) is 0 Å². The summed E-state index contributed by atoms with van der Waals surface area (Å²) in [5, 5.41) is 8.41. The molecule has 0 rings (SSSR count). The standard InChI is InChI=1S/C8H18O3S/c1-8(11-6-7-12)2-4-10-5-3-9/h8-9,12H,2-7H2,1H3. The third-order valence-corrected chi connectivity index (χ3v) is 1.58. The number of ether oxygens (including phenoxy) is 2. The summed E-state index contributed by atoms with van der Waals surface area (Å²) in [6.07, 6.45) is 1.09. The van der Waals surface area contributed by atoms with Gasteiger partial charge >= 0.3 is 0 Å². The van der Waals surface area contributed by atoms with Gasteiger partial charge in [-0.25, -0.2) is 0 Å². The highest BCUT2D eigenvalue weighted by molar-refractivity contribution is 7.80. The summed E-state index contributed by atoms with van der Waals surface area (Å²) >= 11 is 4.03. The summed E-state index contributed by atoms with van der Waals surface area (Å²) in [7, 11) is 0. The second-order valence-corrected chi connectivity index (χ2v) is 2.98. The third-order valence-electron chi connectivity index (χ3n) is 1.40. The van der Waals surface area contributed by atoms with Crippen molar-refractivity contribution in [3.63, 3.8) is 0 Å². The van der Waals surface area contributed by atoms with Gasteiger partial charge < -0.3 is 14.6 Å². The van der Waals surface area contributed by atoms with E-state index in [0.29, 0.717) is 19.8 Å². The molecule has 0 aromatic rings. The molecular weight excluding hydrogens is 176 g/mol. The van der Waals surface area contributed by atoms with E-state index in [4.69, 9.17) is 14.6 Å². The van der Waals surface area contributed by atoms with Crippen molar-refractivity contribution < 1.29 is 14.6 Å². The van der Waals surface area contributed by atoms with E-state index in [1.807, 2.05) is 6.92 Å². The first-order valence-corrected chi connectivity index (χ1v) is 4.85. The van der Waals surface area contributed by atoms with Crippen LogP contribution in [0.5, 0.6) is 0 Å². The zero-order valence-corrected chi connectivity index (χ0v) is 8.43. The Bertz CT molecular complexity index is 90.4. The van der Waals surface area contributed by atoms with Gasteiger partial charge in [-0.2, -0.15) is 12.6 Å². The van der Waals surface area contributed by atoms with Crippen LogP contribution >= 0.6 is 12.6 Å². The molecule has 0 aromatic heterocycles. The predicted octanol–water partition coefficient (Wildman–Crippen LogP) is 0.720. The van der Waals surface area contributed by atoms with Crippen molar-refractivity contribution in [2.24, 2.45) is 0 Å². The summed E-state index contributed by atoms with van der Waals surface area (Å²) in [6, 6.07) is 0. The lowest BCUT2D eigenvalue weighted by molar-refractivity contribution is 0.0308. The van der Waals surface area contributed by atoms with Gasteiger partial charge in [0.2, 0.25) is 0 Å². The van der Waals surface area contributed by atoms with Crippen LogP contribution in [-0.2, 0) is 9.47 Å². The zero-order chi connectivity index (χ0) is 9.23. The van der Waals surface area contributed by atoms with E-state index in [0.717, 1.165) is 12.2 Å². The molecule has 12 heavy (non-hydrogen) atoms. The van der Waals surface area contributed by atoms with Crippen molar-refractivity contribution in [2.75, 3.05) is 32.2 Å². The molecule has 0 aliphatic rings. The Kier molecular flexibility index (Phi) is 9.50. The van der Waals surface area contributed by atoms with Crippen LogP contribution in [0.4, 0.5) is 0 Å². The molecule has 0 bridgehead atoms. The topological polar surface area (TPSA) is 38.7 Å². The largest absolute Gasteiger partial charge is 0.394 e. The molecule has 0 aliphatic carbocycles. The van der Waals surface area contributed by atoms with Gasteiger partial charge in [0.15, 0.2) is 0 Å². The molecule has 0 radical (unpaired) electrons. The fourth-order valence-electron chi connectivity index (χ4n) is 0.753. The molecule has 4 heteroatoms. The van der Waals surface area contributed by atoms with Crippen molar-refractivity contribution in [3.8, 4) is 0 Å². The van der Waals surface area contributed by atoms with Crippen LogP contribution in [0.2, 0.25) is 0 Å². The third kappa shape index (κ3) is 8.33. The summed E-state index contributed by atoms with van der Waals surface area (Å²) in [5.74, 6) is 0.752. The molecule has 1 atom stereocenters. The van der Waals surface area contributed by atoms with Gasteiger partial charge in [0.1, 0.15) is 0 Å². The average molecular weight is 194 g/mol. The molecule has 0 spiro atoms. The lowest BCUT2D eigenvalue weighted by atomic mass is 10.3. The van der Waals surface area contributed by atoms with Crippen molar-refractivity contribution >= 4 is 12.6 Å². The summed E-state index contributed by atoms with van der Waals surface area (Å²) < 4.78 is 10.4. The van der Waals surface area contributed by atoms with Gasteiger partial charge in [-0.3, -0.25) is 0 Å². The number of aliphatic hydroxyl groups excluding tert-OH is 1. The highest BCUT2D eigenvalue weighted by Crippen LogP contribution is 1.97. The first-order valence-electron chi connectivity index (χ1n) is 4.22. The molecule has 74 valence electrons. The summed E-state index contributed by atoms with van der Waals surface area (Å²) in [5.41, 5.74) is 0. The second-order valence-electron chi connectivity index (χ2n) is 2.53. The van der Waals surface area contributed by atoms with E-state index < -0.39 is 0 Å². The highest BCUT2D eigenvalue weighted by atomic mass is 32.1. The first kappa shape index (κ1) is 12.2. The Labute approximate surface area is 79.5 Å². The predicted molar refractivity (Wildman–Crippen MR) is 51.8 cm³/mol. The summed E-state index contributed by atoms with van der Waals surface area (Å²) in [4.78, 5) is 0. The van der Waals surface area contributed by atoms with Crippen LogP contribution in [-0.4, -0.2) is 43.4 Å². The Morgan fingerprint density at radius 1 is 1.33 bits per heavy atom. The molecule has 1 N–H and O–H groups in total. The van der Waals surface area contributed by atoms with Crippen LogP contribution < -0.4 is 0 Å². The molecule has 0 aromatic carbocycles. The van der Waals surface area contributed by atoms with Gasteiger partial charge in [-0.15, -0.1) is 0 Å². The molecule has 0 heterocycles. The summed E-state index contributed by atoms with van der Waals surface area (Å²) in [6.45, 7) is 3.84. The van der Waals surface area contributed by atoms with E-state index in [1.165, 1.54) is 0 Å². The molecule has 0 saturated heterocycles. The van der Waals surface area contributed by atoms with E-state index in [2.05, 4.69) is 12.6 Å². The fraction of sp³-hybridized carbons (Fsp3) is 1.00. The quantitative estimate of drug-likeness (QED) is 0.442. The monoisotopic (exact) mass is 194 g/mol. The number of aliphatic hydroxyl groups is 1. The van der Waals surface area contributed by atoms with Crippen LogP contribution in [0.1, 0.15) is 13.3 Å². The lowest BCUT2D eigenvalue weighted by Crippen LogP contribution is -2.13. The number of hydrogen-bond donors (Lipinski definition) is 2. The maximum absolute atomic E-state index is 8.41. The average Bonchev–Trinajstić information content (AvgIpc) is 2.09. The van der Waals surface area contributed by atoms with Gasteiger partial charge in [0.05, 0.1) is 25.9 Å². The van der Waals surface area contributed by atoms with E-state index >= 15 is 0 Å². The molecule has 0 saturated carbocycles. The van der Waals surface area contributed by atoms with Crippen LogP contribution in [0.3, 0.4) is 0 Å². The molecule has 0 aliphatic heterocycles. The Hall–Kier alpha value is 0.230. The van der Waals surface area contributed by atoms with Crippen LogP contribution in [0.15, 0.2) is 0 Å². The van der Waals surface area contributed by atoms with Crippen LogP contribution in [0, 0.1) is 0 Å².